The second kappa shape index (κ2) is 11.7. The second-order valence-electron chi connectivity index (χ2n) is 6.34. The summed E-state index contributed by atoms with van der Waals surface area (Å²) in [5.74, 6) is 0. The number of carbonyl (C=O) groups excluding carboxylic acids is 2. The monoisotopic (exact) mass is 422 g/mol. The van der Waals surface area contributed by atoms with Crippen LogP contribution in [0.25, 0.3) is 0 Å². The molecule has 0 aromatic heterocycles. The number of ether oxygens (including phenoxy) is 2. The summed E-state index contributed by atoms with van der Waals surface area (Å²) in [4.78, 5) is 27.6. The van der Waals surface area contributed by atoms with Crippen molar-refractivity contribution >= 4 is 47.3 Å². The largest absolute Gasteiger partial charge is 0.446 e. The smallest absolute Gasteiger partial charge is 0.411 e. The van der Waals surface area contributed by atoms with Gasteiger partial charge in [-0.15, -0.1) is 12.4 Å². The summed E-state index contributed by atoms with van der Waals surface area (Å²) in [7, 11) is 7.53. The number of halogens is 1. The van der Waals surface area contributed by atoms with Crippen LogP contribution in [0.3, 0.4) is 0 Å². The lowest BCUT2D eigenvalue weighted by molar-refractivity contribution is 0.110. The minimum Gasteiger partial charge on any atom is -0.446 e. The van der Waals surface area contributed by atoms with Crippen molar-refractivity contribution < 1.29 is 19.1 Å². The first-order valence-corrected chi connectivity index (χ1v) is 8.78. The minimum absolute atomic E-state index is 0. The maximum absolute atomic E-state index is 11.9. The summed E-state index contributed by atoms with van der Waals surface area (Å²) in [6, 6.07) is 14.7. The van der Waals surface area contributed by atoms with Gasteiger partial charge >= 0.3 is 12.2 Å². The molecule has 0 fully saturated rings. The first-order valence-electron chi connectivity index (χ1n) is 8.78. The van der Waals surface area contributed by atoms with Gasteiger partial charge in [-0.25, -0.2) is 9.59 Å². The van der Waals surface area contributed by atoms with Crippen molar-refractivity contribution in [3.8, 4) is 0 Å². The average molecular weight is 423 g/mol. The number of hydrogen-bond donors (Lipinski definition) is 2. The molecule has 9 heteroatoms. The van der Waals surface area contributed by atoms with Crippen LogP contribution in [0.2, 0.25) is 0 Å². The molecule has 0 bridgehead atoms. The summed E-state index contributed by atoms with van der Waals surface area (Å²) >= 11 is 0. The number of anilines is 4. The lowest BCUT2D eigenvalue weighted by Crippen LogP contribution is -2.22. The molecule has 29 heavy (non-hydrogen) atoms. The summed E-state index contributed by atoms with van der Waals surface area (Å²) in [6.07, 6.45) is -1.23. The van der Waals surface area contributed by atoms with E-state index in [-0.39, 0.29) is 25.6 Å². The van der Waals surface area contributed by atoms with E-state index in [4.69, 9.17) is 9.47 Å². The third kappa shape index (κ3) is 7.42. The number of benzene rings is 2. The molecule has 0 heterocycles. The number of nitrogens with zero attached hydrogens (tertiary/aromatic N) is 2. The molecule has 0 atom stereocenters. The van der Waals surface area contributed by atoms with Gasteiger partial charge in [0.05, 0.1) is 22.7 Å². The van der Waals surface area contributed by atoms with Crippen molar-refractivity contribution in [2.75, 3.05) is 61.8 Å². The summed E-state index contributed by atoms with van der Waals surface area (Å²) in [5, 5.41) is 5.35. The van der Waals surface area contributed by atoms with Crippen LogP contribution in [0.4, 0.5) is 32.3 Å². The van der Waals surface area contributed by atoms with E-state index in [0.29, 0.717) is 11.4 Å². The van der Waals surface area contributed by atoms with Gasteiger partial charge in [-0.05, 0) is 24.3 Å². The Balaban J connectivity index is 0.00000420. The standard InChI is InChI=1S/C20H26N4O4.ClH/c1-23(2)17-11-7-5-9-15(17)21-19(25)27-13-14-28-20(26)22-16-10-6-8-12-18(16)24(3)4;/h5-12H,13-14H2,1-4H3,(H,21,25)(H,22,26);1H. The first-order chi connectivity index (χ1) is 13.4. The van der Waals surface area contributed by atoms with Crippen molar-refractivity contribution in [3.63, 3.8) is 0 Å². The lowest BCUT2D eigenvalue weighted by Gasteiger charge is -2.18. The zero-order valence-electron chi connectivity index (χ0n) is 17.0. The third-order valence-corrected chi connectivity index (χ3v) is 3.79. The number of nitrogens with one attached hydrogen (secondary N) is 2. The predicted molar refractivity (Wildman–Crippen MR) is 119 cm³/mol. The van der Waals surface area contributed by atoms with Gasteiger partial charge in [-0.3, -0.25) is 10.6 Å². The summed E-state index contributed by atoms with van der Waals surface area (Å²) in [5.41, 5.74) is 2.98. The molecule has 2 aromatic rings. The molecule has 0 saturated heterocycles. The Morgan fingerprint density at radius 3 is 1.41 bits per heavy atom. The van der Waals surface area contributed by atoms with Crippen LogP contribution < -0.4 is 20.4 Å². The zero-order chi connectivity index (χ0) is 20.5. The Bertz CT molecular complexity index is 747. The molecule has 0 radical (unpaired) electrons. The highest BCUT2D eigenvalue weighted by Gasteiger charge is 2.11. The topological polar surface area (TPSA) is 83.1 Å². The SMILES string of the molecule is CN(C)c1ccccc1NC(=O)OCCOC(=O)Nc1ccccc1N(C)C.Cl. The van der Waals surface area contributed by atoms with Gasteiger partial charge in [0.2, 0.25) is 0 Å². The van der Waals surface area contributed by atoms with Crippen LogP contribution in [-0.4, -0.2) is 53.6 Å². The van der Waals surface area contributed by atoms with E-state index in [1.807, 2.05) is 74.4 Å². The molecule has 0 aliphatic heterocycles. The Morgan fingerprint density at radius 1 is 0.724 bits per heavy atom. The molecule has 0 saturated carbocycles. The Morgan fingerprint density at radius 2 is 1.07 bits per heavy atom. The van der Waals surface area contributed by atoms with Gasteiger partial charge in [0.15, 0.2) is 0 Å². The highest BCUT2D eigenvalue weighted by molar-refractivity contribution is 5.90. The molecule has 0 spiro atoms. The van der Waals surface area contributed by atoms with Crippen molar-refractivity contribution in [3.05, 3.63) is 48.5 Å². The van der Waals surface area contributed by atoms with Gasteiger partial charge in [0, 0.05) is 28.2 Å². The van der Waals surface area contributed by atoms with Gasteiger partial charge in [0.25, 0.3) is 0 Å². The maximum Gasteiger partial charge on any atom is 0.411 e. The van der Waals surface area contributed by atoms with Gasteiger partial charge in [0.1, 0.15) is 13.2 Å². The molecule has 2 amide bonds. The van der Waals surface area contributed by atoms with E-state index in [1.54, 1.807) is 12.1 Å². The van der Waals surface area contributed by atoms with E-state index in [1.165, 1.54) is 0 Å². The fourth-order valence-corrected chi connectivity index (χ4v) is 2.50. The zero-order valence-corrected chi connectivity index (χ0v) is 17.8. The Hall–Kier alpha value is -3.13. The first kappa shape index (κ1) is 23.9. The van der Waals surface area contributed by atoms with Crippen molar-refractivity contribution in [2.24, 2.45) is 0 Å². The van der Waals surface area contributed by atoms with Crippen molar-refractivity contribution in [2.45, 2.75) is 0 Å². The maximum atomic E-state index is 11.9. The normalized spacial score (nSPS) is 9.66. The fraction of sp³-hybridized carbons (Fsp3) is 0.300. The van der Waals surface area contributed by atoms with Gasteiger partial charge in [-0.2, -0.15) is 0 Å². The van der Waals surface area contributed by atoms with Crippen LogP contribution in [0.1, 0.15) is 0 Å². The van der Waals surface area contributed by atoms with E-state index in [9.17, 15) is 9.59 Å². The lowest BCUT2D eigenvalue weighted by atomic mass is 10.2. The average Bonchev–Trinajstić information content (AvgIpc) is 2.65. The van der Waals surface area contributed by atoms with Crippen LogP contribution in [0.15, 0.2) is 48.5 Å². The Labute approximate surface area is 177 Å². The number of amides is 2. The van der Waals surface area contributed by atoms with E-state index >= 15 is 0 Å². The van der Waals surface area contributed by atoms with Crippen LogP contribution >= 0.6 is 12.4 Å². The molecular weight excluding hydrogens is 396 g/mol. The molecule has 2 rings (SSSR count). The van der Waals surface area contributed by atoms with Crippen LogP contribution in [0, 0.1) is 0 Å². The van der Waals surface area contributed by atoms with Gasteiger partial charge in [-0.1, -0.05) is 24.3 Å². The molecule has 0 aliphatic carbocycles. The van der Waals surface area contributed by atoms with E-state index in [0.717, 1.165) is 11.4 Å². The molecule has 0 aliphatic rings. The van der Waals surface area contributed by atoms with Crippen molar-refractivity contribution in [1.29, 1.82) is 0 Å². The molecule has 2 aromatic carbocycles. The second-order valence-corrected chi connectivity index (χ2v) is 6.34. The molecule has 0 unspecified atom stereocenters. The van der Waals surface area contributed by atoms with Crippen LogP contribution in [0.5, 0.6) is 0 Å². The fourth-order valence-electron chi connectivity index (χ4n) is 2.50. The number of hydrogen-bond acceptors (Lipinski definition) is 6. The van der Waals surface area contributed by atoms with Crippen molar-refractivity contribution in [1.82, 2.24) is 0 Å². The summed E-state index contributed by atoms with van der Waals surface area (Å²) in [6.45, 7) is -0.114. The number of rotatable bonds is 7. The van der Waals surface area contributed by atoms with E-state index in [2.05, 4.69) is 10.6 Å². The highest BCUT2D eigenvalue weighted by atomic mass is 35.5. The predicted octanol–water partition coefficient (Wildman–Crippen LogP) is 4.04. The summed E-state index contributed by atoms with van der Waals surface area (Å²) < 4.78 is 10.1. The molecular formula is C20H27ClN4O4. The Kier molecular flexibility index (Phi) is 9.61. The highest BCUT2D eigenvalue weighted by Crippen LogP contribution is 2.24. The molecule has 2 N–H and O–H groups in total. The number of carbonyl (C=O) groups is 2. The van der Waals surface area contributed by atoms with Gasteiger partial charge < -0.3 is 19.3 Å². The molecule has 158 valence electrons. The van der Waals surface area contributed by atoms with Crippen LogP contribution in [-0.2, 0) is 9.47 Å². The third-order valence-electron chi connectivity index (χ3n) is 3.79. The number of para-hydroxylation sites is 4. The minimum atomic E-state index is -0.615. The molecule has 8 nitrogen and oxygen atoms in total. The quantitative estimate of drug-likeness (QED) is 0.655. The van der Waals surface area contributed by atoms with E-state index < -0.39 is 12.2 Å².